The standard InChI is InChI=1S/C16H16N4OS/c1-9(21)10-6-7-13-12(8-10)17-15(20(13)2)19-16-18-11-4-3-5-14(11)22-16/h6-8H,3-5H2,1-2H3,(H,17,18,19). The Labute approximate surface area is 132 Å². The molecule has 1 aliphatic carbocycles. The Morgan fingerprint density at radius 3 is 2.95 bits per heavy atom. The minimum atomic E-state index is 0.0541. The van der Waals surface area contributed by atoms with Gasteiger partial charge in [0.25, 0.3) is 0 Å². The number of benzene rings is 1. The molecule has 0 unspecified atom stereocenters. The Morgan fingerprint density at radius 1 is 1.32 bits per heavy atom. The van der Waals surface area contributed by atoms with Gasteiger partial charge < -0.3 is 9.88 Å². The molecule has 5 nitrogen and oxygen atoms in total. The first kappa shape index (κ1) is 13.5. The molecule has 0 amide bonds. The van der Waals surface area contributed by atoms with E-state index in [0.29, 0.717) is 5.56 Å². The number of aromatic nitrogens is 3. The van der Waals surface area contributed by atoms with E-state index < -0.39 is 0 Å². The van der Waals surface area contributed by atoms with Crippen LogP contribution < -0.4 is 5.32 Å². The lowest BCUT2D eigenvalue weighted by molar-refractivity contribution is 0.101. The second-order valence-corrected chi connectivity index (χ2v) is 6.71. The Balaban J connectivity index is 1.71. The van der Waals surface area contributed by atoms with E-state index in [1.54, 1.807) is 18.3 Å². The molecule has 112 valence electrons. The number of hydrogen-bond donors (Lipinski definition) is 1. The summed E-state index contributed by atoms with van der Waals surface area (Å²) in [5.41, 5.74) is 3.73. The molecule has 0 radical (unpaired) electrons. The van der Waals surface area contributed by atoms with Gasteiger partial charge in [-0.1, -0.05) is 0 Å². The molecule has 6 heteroatoms. The van der Waals surface area contributed by atoms with Gasteiger partial charge >= 0.3 is 0 Å². The van der Waals surface area contributed by atoms with E-state index in [1.807, 2.05) is 29.8 Å². The lowest BCUT2D eigenvalue weighted by Crippen LogP contribution is -1.99. The first-order chi connectivity index (χ1) is 10.6. The van der Waals surface area contributed by atoms with Crippen LogP contribution in [0.15, 0.2) is 18.2 Å². The van der Waals surface area contributed by atoms with Crippen LogP contribution in [0.5, 0.6) is 0 Å². The summed E-state index contributed by atoms with van der Waals surface area (Å²) in [5, 5.41) is 4.21. The van der Waals surface area contributed by atoms with E-state index in [9.17, 15) is 4.79 Å². The zero-order valence-electron chi connectivity index (χ0n) is 12.5. The number of Topliss-reactive ketones (excluding diaryl/α,β-unsaturated/α-hetero) is 1. The molecule has 2 heterocycles. The number of ketones is 1. The lowest BCUT2D eigenvalue weighted by Gasteiger charge is -2.02. The summed E-state index contributed by atoms with van der Waals surface area (Å²) < 4.78 is 1.99. The van der Waals surface area contributed by atoms with Gasteiger partial charge in [-0.2, -0.15) is 0 Å². The number of carbonyl (C=O) groups excluding carboxylic acids is 1. The summed E-state index contributed by atoms with van der Waals surface area (Å²) >= 11 is 1.71. The van der Waals surface area contributed by atoms with Crippen LogP contribution in [0.1, 0.15) is 34.3 Å². The summed E-state index contributed by atoms with van der Waals surface area (Å²) in [6.07, 6.45) is 3.44. The van der Waals surface area contributed by atoms with E-state index in [4.69, 9.17) is 0 Å². The lowest BCUT2D eigenvalue weighted by atomic mass is 10.1. The monoisotopic (exact) mass is 312 g/mol. The van der Waals surface area contributed by atoms with Crippen molar-refractivity contribution in [1.82, 2.24) is 14.5 Å². The average molecular weight is 312 g/mol. The zero-order chi connectivity index (χ0) is 15.3. The van der Waals surface area contributed by atoms with Crippen LogP contribution in [0.2, 0.25) is 0 Å². The predicted octanol–water partition coefficient (Wildman–Crippen LogP) is 3.46. The summed E-state index contributed by atoms with van der Waals surface area (Å²) in [6.45, 7) is 1.57. The molecule has 1 aromatic carbocycles. The van der Waals surface area contributed by atoms with E-state index in [2.05, 4.69) is 15.3 Å². The number of carbonyl (C=O) groups is 1. The number of nitrogens with one attached hydrogen (secondary N) is 1. The number of imidazole rings is 1. The van der Waals surface area contributed by atoms with Crippen LogP contribution in [0.3, 0.4) is 0 Å². The maximum atomic E-state index is 11.5. The second kappa shape index (κ2) is 4.91. The van der Waals surface area contributed by atoms with Crippen molar-refractivity contribution in [2.24, 2.45) is 7.05 Å². The maximum absolute atomic E-state index is 11.5. The molecular formula is C16H16N4OS. The Bertz CT molecular complexity index is 872. The largest absolute Gasteiger partial charge is 0.313 e. The van der Waals surface area contributed by atoms with Gasteiger partial charge in [-0.15, -0.1) is 11.3 Å². The van der Waals surface area contributed by atoms with Crippen molar-refractivity contribution < 1.29 is 4.79 Å². The normalized spacial score (nSPS) is 13.5. The number of hydrogen-bond acceptors (Lipinski definition) is 5. The van der Waals surface area contributed by atoms with Crippen LogP contribution in [-0.4, -0.2) is 20.3 Å². The Kier molecular flexibility index (Phi) is 3.00. The molecular weight excluding hydrogens is 296 g/mol. The van der Waals surface area contributed by atoms with Crippen molar-refractivity contribution in [3.05, 3.63) is 34.3 Å². The fourth-order valence-corrected chi connectivity index (χ4v) is 3.91. The van der Waals surface area contributed by atoms with Gasteiger partial charge in [0.2, 0.25) is 5.95 Å². The van der Waals surface area contributed by atoms with Gasteiger partial charge in [0.1, 0.15) is 0 Å². The van der Waals surface area contributed by atoms with Gasteiger partial charge in [0, 0.05) is 17.5 Å². The number of anilines is 2. The molecule has 0 atom stereocenters. The molecule has 4 rings (SSSR count). The van der Waals surface area contributed by atoms with Crippen molar-refractivity contribution in [1.29, 1.82) is 0 Å². The van der Waals surface area contributed by atoms with Crippen molar-refractivity contribution in [3.8, 4) is 0 Å². The average Bonchev–Trinajstić information content (AvgIpc) is 3.13. The fourth-order valence-electron chi connectivity index (χ4n) is 2.87. The van der Waals surface area contributed by atoms with Crippen LogP contribution in [0.25, 0.3) is 11.0 Å². The minimum absolute atomic E-state index is 0.0541. The van der Waals surface area contributed by atoms with Crippen molar-refractivity contribution in [2.45, 2.75) is 26.2 Å². The SMILES string of the molecule is CC(=O)c1ccc2c(c1)nc(Nc1nc3c(s1)CCC3)n2C. The predicted molar refractivity (Wildman–Crippen MR) is 88.1 cm³/mol. The van der Waals surface area contributed by atoms with Gasteiger partial charge in [-0.05, 0) is 44.4 Å². The van der Waals surface area contributed by atoms with E-state index >= 15 is 0 Å². The number of nitrogens with zero attached hydrogens (tertiary/aromatic N) is 3. The first-order valence-corrected chi connectivity index (χ1v) is 8.16. The molecule has 0 bridgehead atoms. The van der Waals surface area contributed by atoms with Crippen molar-refractivity contribution in [3.63, 3.8) is 0 Å². The van der Waals surface area contributed by atoms with Crippen molar-refractivity contribution in [2.75, 3.05) is 5.32 Å². The van der Waals surface area contributed by atoms with Gasteiger partial charge in [-0.25, -0.2) is 9.97 Å². The summed E-state index contributed by atoms with van der Waals surface area (Å²) in [5.74, 6) is 0.807. The summed E-state index contributed by atoms with van der Waals surface area (Å²) in [4.78, 5) is 22.1. The number of fused-ring (bicyclic) bond motifs is 2. The highest BCUT2D eigenvalue weighted by atomic mass is 32.1. The van der Waals surface area contributed by atoms with E-state index in [0.717, 1.165) is 35.0 Å². The smallest absolute Gasteiger partial charge is 0.209 e. The molecule has 0 spiro atoms. The zero-order valence-corrected chi connectivity index (χ0v) is 13.3. The van der Waals surface area contributed by atoms with Crippen LogP contribution in [-0.2, 0) is 19.9 Å². The molecule has 0 saturated carbocycles. The highest BCUT2D eigenvalue weighted by molar-refractivity contribution is 7.15. The third-order valence-corrected chi connectivity index (χ3v) is 5.17. The summed E-state index contributed by atoms with van der Waals surface area (Å²) in [7, 11) is 1.96. The highest BCUT2D eigenvalue weighted by Crippen LogP contribution is 2.32. The van der Waals surface area contributed by atoms with Gasteiger partial charge in [0.05, 0.1) is 16.7 Å². The molecule has 0 aliphatic heterocycles. The second-order valence-electron chi connectivity index (χ2n) is 5.62. The van der Waals surface area contributed by atoms with E-state index in [1.165, 1.54) is 17.0 Å². The molecule has 0 fully saturated rings. The number of rotatable bonds is 3. The Hall–Kier alpha value is -2.21. The van der Waals surface area contributed by atoms with Crippen LogP contribution in [0, 0.1) is 0 Å². The maximum Gasteiger partial charge on any atom is 0.209 e. The van der Waals surface area contributed by atoms with Crippen LogP contribution >= 0.6 is 11.3 Å². The van der Waals surface area contributed by atoms with Crippen molar-refractivity contribution >= 4 is 39.2 Å². The molecule has 22 heavy (non-hydrogen) atoms. The number of aryl methyl sites for hydroxylation is 3. The van der Waals surface area contributed by atoms with E-state index in [-0.39, 0.29) is 5.78 Å². The van der Waals surface area contributed by atoms with Crippen LogP contribution in [0.4, 0.5) is 11.1 Å². The minimum Gasteiger partial charge on any atom is -0.313 e. The third-order valence-electron chi connectivity index (χ3n) is 4.10. The Morgan fingerprint density at radius 2 is 2.18 bits per heavy atom. The number of thiazole rings is 1. The first-order valence-electron chi connectivity index (χ1n) is 7.35. The van der Waals surface area contributed by atoms with Gasteiger partial charge in [-0.3, -0.25) is 4.79 Å². The molecule has 2 aromatic heterocycles. The quantitative estimate of drug-likeness (QED) is 0.752. The fraction of sp³-hybridized carbons (Fsp3) is 0.312. The molecule has 0 saturated heterocycles. The van der Waals surface area contributed by atoms with Gasteiger partial charge in [0.15, 0.2) is 10.9 Å². The molecule has 1 aliphatic rings. The molecule has 1 N–H and O–H groups in total. The molecule has 3 aromatic rings. The highest BCUT2D eigenvalue weighted by Gasteiger charge is 2.18. The summed E-state index contributed by atoms with van der Waals surface area (Å²) in [6, 6.07) is 5.62. The third kappa shape index (κ3) is 2.11. The topological polar surface area (TPSA) is 59.8 Å².